The molecule has 5 nitrogen and oxygen atoms in total. The van der Waals surface area contributed by atoms with Gasteiger partial charge in [-0.15, -0.1) is 0 Å². The quantitative estimate of drug-likeness (QED) is 0.596. The summed E-state index contributed by atoms with van der Waals surface area (Å²) in [6, 6.07) is 3.89. The van der Waals surface area contributed by atoms with Crippen molar-refractivity contribution < 1.29 is 4.74 Å². The summed E-state index contributed by atoms with van der Waals surface area (Å²) in [6.45, 7) is 1.87. The van der Waals surface area contributed by atoms with E-state index in [4.69, 9.17) is 10.5 Å². The number of anilines is 1. The van der Waals surface area contributed by atoms with Crippen LogP contribution < -0.4 is 10.5 Å². The highest BCUT2D eigenvalue weighted by Gasteiger charge is 2.06. The number of hydrogen-bond acceptors (Lipinski definition) is 4. The molecule has 0 aliphatic carbocycles. The van der Waals surface area contributed by atoms with Crippen LogP contribution in [0.15, 0.2) is 27.9 Å². The molecule has 0 aliphatic heterocycles. The van der Waals surface area contributed by atoms with Crippen molar-refractivity contribution in [1.82, 2.24) is 9.66 Å². The van der Waals surface area contributed by atoms with Gasteiger partial charge in [0.15, 0.2) is 0 Å². The van der Waals surface area contributed by atoms with Crippen LogP contribution in [-0.4, -0.2) is 23.0 Å². The standard InChI is InChI=1S/C12H12BrIN4O/c1-7-6-18(12(15)17-7)16-5-8-3-9(13)11(19-2)4-10(8)14/h3-6H,1-2H3,(H2,15,17). The third-order valence-corrected chi connectivity index (χ3v) is 3.98. The number of aromatic nitrogens is 2. The zero-order chi connectivity index (χ0) is 14.0. The van der Waals surface area contributed by atoms with Crippen molar-refractivity contribution in [3.63, 3.8) is 0 Å². The highest BCUT2D eigenvalue weighted by Crippen LogP contribution is 2.28. The molecule has 1 aromatic carbocycles. The van der Waals surface area contributed by atoms with E-state index in [-0.39, 0.29) is 0 Å². The van der Waals surface area contributed by atoms with Crippen molar-refractivity contribution in [2.24, 2.45) is 5.10 Å². The molecular formula is C12H12BrIN4O. The lowest BCUT2D eigenvalue weighted by atomic mass is 10.2. The Morgan fingerprint density at radius 2 is 2.26 bits per heavy atom. The van der Waals surface area contributed by atoms with Crippen LogP contribution in [0.25, 0.3) is 0 Å². The first-order valence-corrected chi connectivity index (χ1v) is 7.27. The average molecular weight is 435 g/mol. The monoisotopic (exact) mass is 434 g/mol. The molecule has 7 heteroatoms. The minimum atomic E-state index is 0.372. The smallest absolute Gasteiger partial charge is 0.221 e. The van der Waals surface area contributed by atoms with E-state index in [2.05, 4.69) is 48.6 Å². The van der Waals surface area contributed by atoms with Crippen LogP contribution in [-0.2, 0) is 0 Å². The number of nitrogens with two attached hydrogens (primary N) is 1. The third kappa shape index (κ3) is 3.27. The Bertz CT molecular complexity index is 639. The van der Waals surface area contributed by atoms with Crippen LogP contribution in [0.5, 0.6) is 5.75 Å². The van der Waals surface area contributed by atoms with E-state index >= 15 is 0 Å². The molecule has 1 aromatic heterocycles. The molecule has 0 unspecified atom stereocenters. The molecule has 2 N–H and O–H groups in total. The minimum Gasteiger partial charge on any atom is -0.496 e. The Morgan fingerprint density at radius 1 is 1.53 bits per heavy atom. The third-order valence-electron chi connectivity index (χ3n) is 2.43. The maximum atomic E-state index is 5.73. The first kappa shape index (κ1) is 14.3. The molecule has 100 valence electrons. The predicted molar refractivity (Wildman–Crippen MR) is 87.8 cm³/mol. The molecule has 0 amide bonds. The first-order chi connectivity index (χ1) is 9.01. The largest absolute Gasteiger partial charge is 0.496 e. The van der Waals surface area contributed by atoms with Crippen molar-refractivity contribution in [1.29, 1.82) is 0 Å². The van der Waals surface area contributed by atoms with Gasteiger partial charge in [-0.25, -0.2) is 9.66 Å². The zero-order valence-corrected chi connectivity index (χ0v) is 14.1. The molecule has 0 atom stereocenters. The number of imidazole rings is 1. The van der Waals surface area contributed by atoms with Gasteiger partial charge in [-0.1, -0.05) is 0 Å². The number of nitrogens with zero attached hydrogens (tertiary/aromatic N) is 3. The van der Waals surface area contributed by atoms with E-state index in [0.717, 1.165) is 25.0 Å². The average Bonchev–Trinajstić information content (AvgIpc) is 2.68. The lowest BCUT2D eigenvalue weighted by molar-refractivity contribution is 0.412. The van der Waals surface area contributed by atoms with Crippen LogP contribution >= 0.6 is 38.5 Å². The van der Waals surface area contributed by atoms with E-state index in [0.29, 0.717) is 5.95 Å². The van der Waals surface area contributed by atoms with Gasteiger partial charge in [0.05, 0.1) is 29.7 Å². The Hall–Kier alpha value is -1.09. The minimum absolute atomic E-state index is 0.372. The van der Waals surface area contributed by atoms with Gasteiger partial charge in [0.25, 0.3) is 0 Å². The number of methoxy groups -OCH3 is 1. The van der Waals surface area contributed by atoms with Gasteiger partial charge < -0.3 is 10.5 Å². The number of aryl methyl sites for hydroxylation is 1. The van der Waals surface area contributed by atoms with Crippen molar-refractivity contribution in [3.8, 4) is 5.75 Å². The molecule has 2 rings (SSSR count). The summed E-state index contributed by atoms with van der Waals surface area (Å²) in [5.41, 5.74) is 7.53. The SMILES string of the molecule is COc1cc(I)c(C=Nn2cc(C)nc2N)cc1Br. The molecule has 19 heavy (non-hydrogen) atoms. The van der Waals surface area contributed by atoms with Crippen LogP contribution in [0.4, 0.5) is 5.95 Å². The van der Waals surface area contributed by atoms with Gasteiger partial charge in [-0.05, 0) is 57.6 Å². The Morgan fingerprint density at radius 3 is 2.84 bits per heavy atom. The highest BCUT2D eigenvalue weighted by molar-refractivity contribution is 14.1. The maximum Gasteiger partial charge on any atom is 0.221 e. The topological polar surface area (TPSA) is 65.4 Å². The van der Waals surface area contributed by atoms with E-state index in [1.807, 2.05) is 19.1 Å². The molecule has 0 saturated carbocycles. The molecule has 0 bridgehead atoms. The fraction of sp³-hybridized carbons (Fsp3) is 0.167. The summed E-state index contributed by atoms with van der Waals surface area (Å²) >= 11 is 5.69. The summed E-state index contributed by atoms with van der Waals surface area (Å²) in [6.07, 6.45) is 3.51. The molecule has 0 aliphatic rings. The van der Waals surface area contributed by atoms with Crippen molar-refractivity contribution in [2.75, 3.05) is 12.8 Å². The van der Waals surface area contributed by atoms with Gasteiger partial charge in [0, 0.05) is 9.13 Å². The maximum absolute atomic E-state index is 5.73. The first-order valence-electron chi connectivity index (χ1n) is 5.40. The summed E-state index contributed by atoms with van der Waals surface area (Å²) in [7, 11) is 1.64. The van der Waals surface area contributed by atoms with Gasteiger partial charge in [-0.2, -0.15) is 5.10 Å². The fourth-order valence-corrected chi connectivity index (χ4v) is 2.62. The van der Waals surface area contributed by atoms with Gasteiger partial charge in [0.2, 0.25) is 5.95 Å². The molecule has 0 radical (unpaired) electrons. The van der Waals surface area contributed by atoms with Crippen molar-refractivity contribution in [3.05, 3.63) is 37.6 Å². The van der Waals surface area contributed by atoms with Gasteiger partial charge >= 0.3 is 0 Å². The van der Waals surface area contributed by atoms with Crippen molar-refractivity contribution in [2.45, 2.75) is 6.92 Å². The molecule has 2 aromatic rings. The molecule has 1 heterocycles. The number of ether oxygens (including phenoxy) is 1. The molecular weight excluding hydrogens is 423 g/mol. The summed E-state index contributed by atoms with van der Waals surface area (Å²) in [4.78, 5) is 4.09. The van der Waals surface area contributed by atoms with Crippen LogP contribution in [0.3, 0.4) is 0 Å². The summed E-state index contributed by atoms with van der Waals surface area (Å²) in [5, 5.41) is 4.29. The van der Waals surface area contributed by atoms with Crippen LogP contribution in [0, 0.1) is 10.5 Å². The summed E-state index contributed by atoms with van der Waals surface area (Å²) < 4.78 is 8.70. The molecule has 0 saturated heterocycles. The number of benzene rings is 1. The second-order valence-electron chi connectivity index (χ2n) is 3.84. The Balaban J connectivity index is 2.33. The van der Waals surface area contributed by atoms with E-state index in [1.54, 1.807) is 24.2 Å². The normalized spacial score (nSPS) is 11.2. The van der Waals surface area contributed by atoms with Crippen LogP contribution in [0.2, 0.25) is 0 Å². The van der Waals surface area contributed by atoms with E-state index in [1.165, 1.54) is 0 Å². The molecule has 0 spiro atoms. The van der Waals surface area contributed by atoms with Gasteiger partial charge in [-0.3, -0.25) is 0 Å². The fourth-order valence-electron chi connectivity index (χ4n) is 1.52. The second kappa shape index (κ2) is 5.91. The summed E-state index contributed by atoms with van der Waals surface area (Å²) in [5.74, 6) is 1.16. The van der Waals surface area contributed by atoms with Gasteiger partial charge in [0.1, 0.15) is 5.75 Å². The van der Waals surface area contributed by atoms with Crippen molar-refractivity contribution >= 4 is 50.7 Å². The van der Waals surface area contributed by atoms with E-state index < -0.39 is 0 Å². The Kier molecular flexibility index (Phi) is 4.46. The number of hydrogen-bond donors (Lipinski definition) is 1. The molecule has 0 fully saturated rings. The zero-order valence-electron chi connectivity index (χ0n) is 10.4. The number of rotatable bonds is 3. The number of halogens is 2. The number of nitrogen functional groups attached to an aromatic ring is 1. The second-order valence-corrected chi connectivity index (χ2v) is 5.85. The highest BCUT2D eigenvalue weighted by atomic mass is 127. The van der Waals surface area contributed by atoms with Crippen LogP contribution in [0.1, 0.15) is 11.3 Å². The lowest BCUT2D eigenvalue weighted by Gasteiger charge is -2.06. The Labute approximate surface area is 133 Å². The van der Waals surface area contributed by atoms with E-state index in [9.17, 15) is 0 Å². The lowest BCUT2D eigenvalue weighted by Crippen LogP contribution is -1.98. The predicted octanol–water partition coefficient (Wildman–Crippen LogP) is 3.03.